The molecule has 0 fully saturated rings. The second kappa shape index (κ2) is 5.95. The highest BCUT2D eigenvalue weighted by molar-refractivity contribution is 7.87. The Bertz CT molecular complexity index is 462. The summed E-state index contributed by atoms with van der Waals surface area (Å²) in [4.78, 5) is 0. The predicted molar refractivity (Wildman–Crippen MR) is 62.5 cm³/mol. The van der Waals surface area contributed by atoms with Crippen LogP contribution < -0.4 is 9.46 Å². The lowest BCUT2D eigenvalue weighted by Crippen LogP contribution is -2.37. The monoisotopic (exact) mass is 262 g/mol. The average molecular weight is 262 g/mol. The summed E-state index contributed by atoms with van der Waals surface area (Å²) in [5, 5.41) is 0. The summed E-state index contributed by atoms with van der Waals surface area (Å²) in [5.41, 5.74) is 0. The molecule has 1 aromatic carbocycles. The van der Waals surface area contributed by atoms with Crippen LogP contribution in [0.25, 0.3) is 0 Å². The Morgan fingerprint density at radius 1 is 1.35 bits per heavy atom. The van der Waals surface area contributed by atoms with E-state index in [9.17, 15) is 12.8 Å². The standard InChI is InChI=1S/C10H15FN2O3S/c1-13(2)17(14,15)12-7-8-16-10-6-4-3-5-9(10)11/h3-6,12H,7-8H2,1-2H3. The van der Waals surface area contributed by atoms with Crippen molar-refractivity contribution in [2.75, 3.05) is 27.2 Å². The van der Waals surface area contributed by atoms with Crippen LogP contribution in [0.5, 0.6) is 5.75 Å². The van der Waals surface area contributed by atoms with Crippen LogP contribution in [0.3, 0.4) is 0 Å². The number of ether oxygens (including phenoxy) is 1. The molecule has 1 aromatic rings. The molecule has 0 unspecified atom stereocenters. The van der Waals surface area contributed by atoms with E-state index < -0.39 is 16.0 Å². The van der Waals surface area contributed by atoms with E-state index in [0.717, 1.165) is 4.31 Å². The first-order valence-corrected chi connectivity index (χ1v) is 6.42. The number of halogens is 1. The van der Waals surface area contributed by atoms with Crippen molar-refractivity contribution in [1.29, 1.82) is 0 Å². The van der Waals surface area contributed by atoms with Crippen LogP contribution in [0.15, 0.2) is 24.3 Å². The van der Waals surface area contributed by atoms with Crippen LogP contribution in [-0.4, -0.2) is 40.0 Å². The molecule has 0 aliphatic heterocycles. The van der Waals surface area contributed by atoms with E-state index in [1.54, 1.807) is 12.1 Å². The third-order valence-corrected chi connectivity index (χ3v) is 3.49. The van der Waals surface area contributed by atoms with Gasteiger partial charge >= 0.3 is 0 Å². The minimum Gasteiger partial charge on any atom is -0.489 e. The molecule has 0 aromatic heterocycles. The largest absolute Gasteiger partial charge is 0.489 e. The van der Waals surface area contributed by atoms with Crippen molar-refractivity contribution in [2.24, 2.45) is 0 Å². The normalized spacial score (nSPS) is 11.8. The first-order valence-electron chi connectivity index (χ1n) is 4.98. The van der Waals surface area contributed by atoms with Gasteiger partial charge in [0.2, 0.25) is 0 Å². The SMILES string of the molecule is CN(C)S(=O)(=O)NCCOc1ccccc1F. The van der Waals surface area contributed by atoms with Crippen molar-refractivity contribution in [3.8, 4) is 5.75 Å². The fourth-order valence-corrected chi connectivity index (χ4v) is 1.62. The van der Waals surface area contributed by atoms with Gasteiger partial charge in [-0.05, 0) is 12.1 Å². The van der Waals surface area contributed by atoms with Gasteiger partial charge in [0, 0.05) is 20.6 Å². The topological polar surface area (TPSA) is 58.6 Å². The van der Waals surface area contributed by atoms with Crippen LogP contribution >= 0.6 is 0 Å². The molecular formula is C10H15FN2O3S. The maximum Gasteiger partial charge on any atom is 0.279 e. The molecule has 0 aliphatic rings. The number of nitrogens with zero attached hydrogens (tertiary/aromatic N) is 1. The van der Waals surface area contributed by atoms with Gasteiger partial charge in [0.1, 0.15) is 6.61 Å². The minimum absolute atomic E-state index is 0.0635. The summed E-state index contributed by atoms with van der Waals surface area (Å²) in [6.45, 7) is 0.142. The van der Waals surface area contributed by atoms with Crippen molar-refractivity contribution < 1.29 is 17.5 Å². The van der Waals surface area contributed by atoms with Gasteiger partial charge in [-0.2, -0.15) is 17.4 Å². The van der Waals surface area contributed by atoms with Crippen molar-refractivity contribution in [2.45, 2.75) is 0 Å². The van der Waals surface area contributed by atoms with Crippen LogP contribution in [0.1, 0.15) is 0 Å². The quantitative estimate of drug-likeness (QED) is 0.764. The molecule has 0 heterocycles. The molecule has 0 saturated heterocycles. The second-order valence-corrected chi connectivity index (χ2v) is 5.43. The first kappa shape index (κ1) is 13.9. The highest BCUT2D eigenvalue weighted by Gasteiger charge is 2.11. The molecule has 0 amide bonds. The molecular weight excluding hydrogens is 247 g/mol. The molecule has 1 N–H and O–H groups in total. The summed E-state index contributed by atoms with van der Waals surface area (Å²) in [6.07, 6.45) is 0. The van der Waals surface area contributed by atoms with E-state index in [0.29, 0.717) is 0 Å². The van der Waals surface area contributed by atoms with Gasteiger partial charge in [-0.3, -0.25) is 0 Å². The maximum atomic E-state index is 13.1. The zero-order valence-corrected chi connectivity index (χ0v) is 10.5. The smallest absolute Gasteiger partial charge is 0.279 e. The van der Waals surface area contributed by atoms with E-state index in [4.69, 9.17) is 4.74 Å². The van der Waals surface area contributed by atoms with E-state index in [2.05, 4.69) is 4.72 Å². The van der Waals surface area contributed by atoms with Gasteiger partial charge in [-0.1, -0.05) is 12.1 Å². The van der Waals surface area contributed by atoms with Crippen molar-refractivity contribution in [3.05, 3.63) is 30.1 Å². The molecule has 96 valence electrons. The Balaban J connectivity index is 2.38. The van der Waals surface area contributed by atoms with Crippen LogP contribution in [-0.2, 0) is 10.2 Å². The number of rotatable bonds is 6. The Morgan fingerprint density at radius 3 is 2.59 bits per heavy atom. The highest BCUT2D eigenvalue weighted by Crippen LogP contribution is 2.14. The molecule has 0 aliphatic carbocycles. The zero-order valence-electron chi connectivity index (χ0n) is 9.68. The minimum atomic E-state index is -3.45. The predicted octanol–water partition coefficient (Wildman–Crippen LogP) is 0.601. The number of nitrogens with one attached hydrogen (secondary N) is 1. The first-order chi connectivity index (χ1) is 7.93. The van der Waals surface area contributed by atoms with Gasteiger partial charge in [-0.25, -0.2) is 4.39 Å². The fourth-order valence-electron chi connectivity index (χ4n) is 1.02. The van der Waals surface area contributed by atoms with E-state index >= 15 is 0 Å². The van der Waals surface area contributed by atoms with E-state index in [1.807, 2.05) is 0 Å². The fraction of sp³-hybridized carbons (Fsp3) is 0.400. The van der Waals surface area contributed by atoms with Crippen LogP contribution in [0, 0.1) is 5.82 Å². The zero-order chi connectivity index (χ0) is 12.9. The summed E-state index contributed by atoms with van der Waals surface area (Å²) < 4.78 is 44.1. The number of benzene rings is 1. The Hall–Kier alpha value is -1.18. The third kappa shape index (κ3) is 4.29. The molecule has 0 spiro atoms. The summed E-state index contributed by atoms with van der Waals surface area (Å²) >= 11 is 0. The summed E-state index contributed by atoms with van der Waals surface area (Å²) in [6, 6.07) is 5.95. The van der Waals surface area contributed by atoms with Gasteiger partial charge in [0.25, 0.3) is 10.2 Å². The maximum absolute atomic E-state index is 13.1. The number of hydrogen-bond donors (Lipinski definition) is 1. The molecule has 0 atom stereocenters. The summed E-state index contributed by atoms with van der Waals surface area (Å²) in [7, 11) is -0.620. The van der Waals surface area contributed by atoms with E-state index in [1.165, 1.54) is 26.2 Å². The molecule has 5 nitrogen and oxygen atoms in total. The molecule has 17 heavy (non-hydrogen) atoms. The molecule has 1 rings (SSSR count). The number of hydrogen-bond acceptors (Lipinski definition) is 3. The second-order valence-electron chi connectivity index (χ2n) is 3.46. The average Bonchev–Trinajstić information content (AvgIpc) is 2.26. The van der Waals surface area contributed by atoms with Crippen LogP contribution in [0.2, 0.25) is 0 Å². The van der Waals surface area contributed by atoms with Gasteiger partial charge in [-0.15, -0.1) is 0 Å². The molecule has 0 saturated carbocycles. The van der Waals surface area contributed by atoms with Crippen molar-refractivity contribution in [1.82, 2.24) is 9.03 Å². The molecule has 7 heteroatoms. The molecule has 0 radical (unpaired) electrons. The van der Waals surface area contributed by atoms with Crippen LogP contribution in [0.4, 0.5) is 4.39 Å². The van der Waals surface area contributed by atoms with E-state index in [-0.39, 0.29) is 18.9 Å². The Morgan fingerprint density at radius 2 is 2.00 bits per heavy atom. The Labute approximate surface area is 100 Å². The van der Waals surface area contributed by atoms with Gasteiger partial charge < -0.3 is 4.74 Å². The lowest BCUT2D eigenvalue weighted by atomic mass is 10.3. The number of para-hydroxylation sites is 1. The lowest BCUT2D eigenvalue weighted by Gasteiger charge is -2.12. The van der Waals surface area contributed by atoms with Gasteiger partial charge in [0.05, 0.1) is 0 Å². The third-order valence-electron chi connectivity index (χ3n) is 1.96. The summed E-state index contributed by atoms with van der Waals surface area (Å²) in [5.74, 6) is -0.362. The lowest BCUT2D eigenvalue weighted by molar-refractivity contribution is 0.305. The highest BCUT2D eigenvalue weighted by atomic mass is 32.2. The van der Waals surface area contributed by atoms with Gasteiger partial charge in [0.15, 0.2) is 11.6 Å². The van der Waals surface area contributed by atoms with Crippen molar-refractivity contribution >= 4 is 10.2 Å². The van der Waals surface area contributed by atoms with Crippen molar-refractivity contribution in [3.63, 3.8) is 0 Å². The Kier molecular flexibility index (Phi) is 4.86. The molecule has 0 bridgehead atoms.